The molecule has 0 amide bonds. The summed E-state index contributed by atoms with van der Waals surface area (Å²) in [6.07, 6.45) is 7.27. The average Bonchev–Trinajstić information content (AvgIpc) is 3.44. The van der Waals surface area contributed by atoms with E-state index in [0.717, 1.165) is 28.2 Å². The highest BCUT2D eigenvalue weighted by atomic mass is 16.4. The minimum absolute atomic E-state index is 0.125. The molecule has 0 radical (unpaired) electrons. The molecule has 4 aromatic rings. The minimum atomic E-state index is -1.02. The van der Waals surface area contributed by atoms with Gasteiger partial charge in [-0.3, -0.25) is 0 Å². The van der Waals surface area contributed by atoms with E-state index in [1.165, 1.54) is 17.1 Å². The highest BCUT2D eigenvalue weighted by molar-refractivity contribution is 5.89. The number of aromatic carboxylic acids is 1. The third-order valence-electron chi connectivity index (χ3n) is 4.81. The smallest absolute Gasteiger partial charge is 0.338 e. The quantitative estimate of drug-likeness (QED) is 0.430. The van der Waals surface area contributed by atoms with Crippen molar-refractivity contribution < 1.29 is 19.8 Å². The summed E-state index contributed by atoms with van der Waals surface area (Å²) < 4.78 is 3.54. The third kappa shape index (κ3) is 5.54. The predicted molar refractivity (Wildman–Crippen MR) is 124 cm³/mol. The largest absolute Gasteiger partial charge is 0.478 e. The van der Waals surface area contributed by atoms with Crippen LogP contribution < -0.4 is 0 Å². The maximum absolute atomic E-state index is 10.9. The zero-order valence-corrected chi connectivity index (χ0v) is 18.1. The van der Waals surface area contributed by atoms with Gasteiger partial charge in [-0.15, -0.1) is 0 Å². The molecule has 0 unspecified atom stereocenters. The van der Waals surface area contributed by atoms with Crippen molar-refractivity contribution in [1.29, 1.82) is 5.26 Å². The van der Waals surface area contributed by atoms with Crippen molar-refractivity contribution in [3.63, 3.8) is 0 Å². The Kier molecular flexibility index (Phi) is 7.06. The van der Waals surface area contributed by atoms with Crippen molar-refractivity contribution in [1.82, 2.24) is 14.3 Å². The van der Waals surface area contributed by atoms with Gasteiger partial charge in [-0.1, -0.05) is 30.3 Å². The number of hydrogen-bond donors (Lipinski definition) is 2. The molecule has 8 heteroatoms. The lowest BCUT2D eigenvalue weighted by Gasteiger charge is -2.09. The second-order valence-corrected chi connectivity index (χ2v) is 7.42. The summed E-state index contributed by atoms with van der Waals surface area (Å²) in [4.78, 5) is 21.0. The van der Waals surface area contributed by atoms with Crippen LogP contribution in [-0.2, 0) is 4.79 Å². The number of carbonyl (C=O) groups is 2. The summed E-state index contributed by atoms with van der Waals surface area (Å²) in [6, 6.07) is 17.4. The number of nitriles is 1. The highest BCUT2D eigenvalue weighted by Gasteiger charge is 2.13. The fourth-order valence-corrected chi connectivity index (χ4v) is 3.21. The van der Waals surface area contributed by atoms with Gasteiger partial charge in [0.1, 0.15) is 6.07 Å². The van der Waals surface area contributed by atoms with E-state index in [2.05, 4.69) is 25.0 Å². The van der Waals surface area contributed by atoms with E-state index in [9.17, 15) is 14.9 Å². The number of aliphatic carboxylic acids is 1. The van der Waals surface area contributed by atoms with Gasteiger partial charge in [0, 0.05) is 35.4 Å². The van der Waals surface area contributed by atoms with Crippen LogP contribution in [0, 0.1) is 11.3 Å². The molecule has 0 spiro atoms. The van der Waals surface area contributed by atoms with E-state index in [4.69, 9.17) is 10.2 Å². The zero-order chi connectivity index (χ0) is 24.0. The van der Waals surface area contributed by atoms with Crippen LogP contribution in [0.3, 0.4) is 0 Å². The van der Waals surface area contributed by atoms with Gasteiger partial charge in [0.2, 0.25) is 0 Å². The van der Waals surface area contributed by atoms with E-state index in [-0.39, 0.29) is 11.6 Å². The van der Waals surface area contributed by atoms with E-state index >= 15 is 0 Å². The van der Waals surface area contributed by atoms with Gasteiger partial charge in [0.25, 0.3) is 0 Å². The third-order valence-corrected chi connectivity index (χ3v) is 4.81. The van der Waals surface area contributed by atoms with Gasteiger partial charge in [-0.2, -0.15) is 10.4 Å². The molecule has 166 valence electrons. The molecule has 0 aliphatic heterocycles. The van der Waals surface area contributed by atoms with E-state index < -0.39 is 11.9 Å². The summed E-state index contributed by atoms with van der Waals surface area (Å²) in [7, 11) is 0. The van der Waals surface area contributed by atoms with Crippen LogP contribution in [0.5, 0.6) is 0 Å². The first-order valence-corrected chi connectivity index (χ1v) is 10.1. The first kappa shape index (κ1) is 23.0. The highest BCUT2D eigenvalue weighted by Crippen LogP contribution is 2.26. The number of carboxylic acid groups (broad SMARTS) is 2. The van der Waals surface area contributed by atoms with E-state index in [1.54, 1.807) is 6.08 Å². The summed E-state index contributed by atoms with van der Waals surface area (Å²) in [5, 5.41) is 31.4. The first-order valence-electron chi connectivity index (χ1n) is 10.1. The number of hydrogen-bond acceptors (Lipinski definition) is 4. The molecule has 0 saturated heterocycles. The summed E-state index contributed by atoms with van der Waals surface area (Å²) in [6.45, 7) is 4.11. The van der Waals surface area contributed by atoms with E-state index in [1.807, 2.05) is 59.3 Å². The Morgan fingerprint density at radius 1 is 1.09 bits per heavy atom. The molecule has 0 atom stereocenters. The number of carboxylic acids is 2. The van der Waals surface area contributed by atoms with Crippen LogP contribution in [-0.4, -0.2) is 36.5 Å². The molecule has 8 nitrogen and oxygen atoms in total. The number of fused-ring (bicyclic) bond motifs is 1. The molecule has 2 heterocycles. The zero-order valence-electron chi connectivity index (χ0n) is 18.1. The number of benzene rings is 2. The number of aromatic nitrogens is 3. The monoisotopic (exact) mass is 442 g/mol. The normalized spacial score (nSPS) is 10.7. The number of nitrogens with zero attached hydrogens (tertiary/aromatic N) is 4. The van der Waals surface area contributed by atoms with Crippen LogP contribution in [0.1, 0.15) is 41.4 Å². The van der Waals surface area contributed by atoms with Crippen molar-refractivity contribution in [3.05, 3.63) is 89.9 Å². The predicted octanol–water partition coefficient (Wildman–Crippen LogP) is 4.76. The molecular formula is C25H22N4O4. The Balaban J connectivity index is 0.000000235. The van der Waals surface area contributed by atoms with Gasteiger partial charge in [-0.05, 0) is 43.7 Å². The van der Waals surface area contributed by atoms with Crippen molar-refractivity contribution in [2.75, 3.05) is 0 Å². The van der Waals surface area contributed by atoms with Gasteiger partial charge in [-0.25, -0.2) is 14.3 Å². The molecule has 2 aromatic heterocycles. The molecule has 0 aliphatic carbocycles. The minimum Gasteiger partial charge on any atom is -0.478 e. The first-order chi connectivity index (χ1) is 15.8. The summed E-state index contributed by atoms with van der Waals surface area (Å²) in [5.41, 5.74) is 3.31. The summed E-state index contributed by atoms with van der Waals surface area (Å²) >= 11 is 0. The summed E-state index contributed by atoms with van der Waals surface area (Å²) in [5.74, 6) is -1.94. The Morgan fingerprint density at radius 2 is 1.82 bits per heavy atom. The van der Waals surface area contributed by atoms with Crippen LogP contribution in [0.4, 0.5) is 0 Å². The maximum Gasteiger partial charge on any atom is 0.338 e. The van der Waals surface area contributed by atoms with Gasteiger partial charge in [0.05, 0.1) is 23.0 Å². The Labute approximate surface area is 190 Å². The molecule has 4 rings (SSSR count). The SMILES string of the molecule is CC(C)n1cc(C#N)c2cc(-n3cc(C(=O)O)cn3)ccc21.O=C(O)C=Cc1ccccc1. The Bertz CT molecular complexity index is 1360. The molecule has 2 aromatic carbocycles. The second kappa shape index (κ2) is 10.1. The van der Waals surface area contributed by atoms with Gasteiger partial charge >= 0.3 is 11.9 Å². The van der Waals surface area contributed by atoms with Crippen molar-refractivity contribution >= 4 is 28.9 Å². The molecule has 33 heavy (non-hydrogen) atoms. The van der Waals surface area contributed by atoms with Crippen molar-refractivity contribution in [2.45, 2.75) is 19.9 Å². The van der Waals surface area contributed by atoms with Crippen molar-refractivity contribution in [3.8, 4) is 11.8 Å². The molecule has 2 N–H and O–H groups in total. The van der Waals surface area contributed by atoms with Crippen LogP contribution in [0.2, 0.25) is 0 Å². The van der Waals surface area contributed by atoms with Gasteiger partial charge in [0.15, 0.2) is 0 Å². The lowest BCUT2D eigenvalue weighted by atomic mass is 10.1. The van der Waals surface area contributed by atoms with Gasteiger partial charge < -0.3 is 14.8 Å². The van der Waals surface area contributed by atoms with Crippen LogP contribution in [0.25, 0.3) is 22.7 Å². The molecule has 0 saturated carbocycles. The maximum atomic E-state index is 10.9. The average molecular weight is 442 g/mol. The second-order valence-electron chi connectivity index (χ2n) is 7.42. The molecule has 0 aliphatic rings. The molecule has 0 bridgehead atoms. The topological polar surface area (TPSA) is 121 Å². The standard InChI is InChI=1S/C16H14N4O2.C9H8O2/c1-10(2)19-8-11(6-17)14-5-13(3-4-15(14)19)20-9-12(7-18-20)16(21)22;10-9(11)7-6-8-4-2-1-3-5-8/h3-5,7-10H,1-2H3,(H,21,22);1-7H,(H,10,11). The number of rotatable bonds is 5. The van der Waals surface area contributed by atoms with Crippen molar-refractivity contribution in [2.24, 2.45) is 0 Å². The lowest BCUT2D eigenvalue weighted by Crippen LogP contribution is -1.99. The van der Waals surface area contributed by atoms with Crippen LogP contribution in [0.15, 0.2) is 73.2 Å². The Hall–Kier alpha value is -4.64. The van der Waals surface area contributed by atoms with Crippen LogP contribution >= 0.6 is 0 Å². The molecule has 0 fully saturated rings. The molecular weight excluding hydrogens is 420 g/mol. The fourth-order valence-electron chi connectivity index (χ4n) is 3.21. The van der Waals surface area contributed by atoms with E-state index in [0.29, 0.717) is 5.56 Å². The Morgan fingerprint density at radius 3 is 2.39 bits per heavy atom. The lowest BCUT2D eigenvalue weighted by molar-refractivity contribution is -0.131. The fraction of sp³-hybridized carbons (Fsp3) is 0.120.